The molecule has 0 bridgehead atoms. The molecule has 32 heavy (non-hydrogen) atoms. The molecule has 0 spiro atoms. The number of aromatic amines is 1. The number of rotatable bonds is 5. The van der Waals surface area contributed by atoms with Crippen LogP contribution < -0.4 is 0 Å². The van der Waals surface area contributed by atoms with Crippen LogP contribution in [0.5, 0.6) is 0 Å². The zero-order chi connectivity index (χ0) is 22.1. The third kappa shape index (κ3) is 4.15. The number of carboxylic acids is 1. The molecule has 2 N–H and O–H groups in total. The van der Waals surface area contributed by atoms with E-state index in [1.165, 1.54) is 5.56 Å². The highest BCUT2D eigenvalue weighted by Crippen LogP contribution is 2.37. The lowest BCUT2D eigenvalue weighted by Crippen LogP contribution is -2.16. The van der Waals surface area contributed by atoms with Gasteiger partial charge in [0.25, 0.3) is 0 Å². The van der Waals surface area contributed by atoms with Gasteiger partial charge in [-0.25, -0.2) is 4.98 Å². The summed E-state index contributed by atoms with van der Waals surface area (Å²) < 4.78 is 0. The van der Waals surface area contributed by atoms with E-state index in [2.05, 4.69) is 53.3 Å². The van der Waals surface area contributed by atoms with E-state index in [1.54, 1.807) is 0 Å². The maximum Gasteiger partial charge on any atom is 0.303 e. The quantitative estimate of drug-likeness (QED) is 0.390. The van der Waals surface area contributed by atoms with Gasteiger partial charge in [0.2, 0.25) is 0 Å². The molecule has 0 aliphatic heterocycles. The number of nitrogens with zero attached hydrogens (tertiary/aromatic N) is 2. The Bertz CT molecular complexity index is 1230. The molecule has 5 rings (SSSR count). The highest BCUT2D eigenvalue weighted by atomic mass is 16.4. The average Bonchev–Trinajstić information content (AvgIpc) is 3.25. The van der Waals surface area contributed by atoms with Crippen molar-refractivity contribution >= 4 is 17.0 Å². The summed E-state index contributed by atoms with van der Waals surface area (Å²) in [5, 5.41) is 9.00. The van der Waals surface area contributed by atoms with Gasteiger partial charge in [-0.05, 0) is 73.8 Å². The molecular weight excluding hydrogens is 398 g/mol. The van der Waals surface area contributed by atoms with Crippen molar-refractivity contribution in [1.82, 2.24) is 15.0 Å². The van der Waals surface area contributed by atoms with Gasteiger partial charge in [-0.15, -0.1) is 0 Å². The number of pyridine rings is 1. The van der Waals surface area contributed by atoms with Crippen molar-refractivity contribution in [2.75, 3.05) is 0 Å². The summed E-state index contributed by atoms with van der Waals surface area (Å²) in [4.78, 5) is 23.7. The summed E-state index contributed by atoms with van der Waals surface area (Å²) in [6, 6.07) is 18.9. The molecule has 0 radical (unpaired) electrons. The minimum Gasteiger partial charge on any atom is -0.481 e. The fourth-order valence-electron chi connectivity index (χ4n) is 4.89. The van der Waals surface area contributed by atoms with E-state index in [-0.39, 0.29) is 0 Å². The van der Waals surface area contributed by atoms with Crippen molar-refractivity contribution < 1.29 is 9.90 Å². The van der Waals surface area contributed by atoms with Crippen molar-refractivity contribution in [2.24, 2.45) is 5.92 Å². The van der Waals surface area contributed by atoms with Crippen LogP contribution in [0, 0.1) is 12.8 Å². The van der Waals surface area contributed by atoms with E-state index < -0.39 is 5.97 Å². The van der Waals surface area contributed by atoms with Crippen molar-refractivity contribution in [1.29, 1.82) is 0 Å². The Morgan fingerprint density at radius 2 is 1.75 bits per heavy atom. The summed E-state index contributed by atoms with van der Waals surface area (Å²) in [5.41, 5.74) is 7.55. The number of carbonyl (C=O) groups is 1. The lowest BCUT2D eigenvalue weighted by atomic mass is 9.77. The van der Waals surface area contributed by atoms with E-state index in [0.717, 1.165) is 64.9 Å². The molecule has 0 saturated heterocycles. The topological polar surface area (TPSA) is 78.9 Å². The fourth-order valence-corrected chi connectivity index (χ4v) is 4.89. The highest BCUT2D eigenvalue weighted by molar-refractivity contribution is 5.82. The van der Waals surface area contributed by atoms with Gasteiger partial charge in [0, 0.05) is 23.7 Å². The number of aliphatic carboxylic acids is 1. The number of para-hydroxylation sites is 1. The Morgan fingerprint density at radius 1 is 1.00 bits per heavy atom. The van der Waals surface area contributed by atoms with Crippen molar-refractivity contribution in [3.8, 4) is 22.6 Å². The van der Waals surface area contributed by atoms with Gasteiger partial charge < -0.3 is 10.1 Å². The number of hydrogen-bond donors (Lipinski definition) is 2. The second kappa shape index (κ2) is 8.58. The fraction of sp³-hybridized carbons (Fsp3) is 0.296. The van der Waals surface area contributed by atoms with Gasteiger partial charge in [0.1, 0.15) is 5.82 Å². The normalized spacial score (nSPS) is 18.7. The van der Waals surface area contributed by atoms with Gasteiger partial charge in [0.15, 0.2) is 0 Å². The predicted molar refractivity (Wildman–Crippen MR) is 126 cm³/mol. The van der Waals surface area contributed by atoms with E-state index in [4.69, 9.17) is 10.1 Å². The number of benzene rings is 2. The number of carboxylic acid groups (broad SMARTS) is 1. The first kappa shape index (κ1) is 20.4. The smallest absolute Gasteiger partial charge is 0.303 e. The Labute approximate surface area is 187 Å². The standard InChI is InChI=1S/C27H27N3O2/c1-17-3-2-4-24-26(17)30-27(29-24)22-13-14-23(28-16-22)21-11-9-20(10-12-21)19-7-5-18(6-8-19)15-25(31)32/h2-4,9-14,16,18-19H,5-8,15H2,1H3,(H,29,30)(H,31,32). The molecule has 1 aliphatic carbocycles. The van der Waals surface area contributed by atoms with Crippen LogP contribution in [-0.2, 0) is 4.79 Å². The Morgan fingerprint density at radius 3 is 2.41 bits per heavy atom. The molecule has 1 saturated carbocycles. The molecule has 162 valence electrons. The van der Waals surface area contributed by atoms with Crippen LogP contribution in [0.3, 0.4) is 0 Å². The maximum atomic E-state index is 10.9. The van der Waals surface area contributed by atoms with Crippen molar-refractivity contribution in [2.45, 2.75) is 44.9 Å². The predicted octanol–water partition coefficient (Wildman–Crippen LogP) is 6.35. The van der Waals surface area contributed by atoms with Crippen LogP contribution in [0.15, 0.2) is 60.8 Å². The third-order valence-corrected chi connectivity index (χ3v) is 6.74. The molecule has 0 atom stereocenters. The van der Waals surface area contributed by atoms with E-state index in [9.17, 15) is 4.79 Å². The van der Waals surface area contributed by atoms with Gasteiger partial charge in [-0.2, -0.15) is 0 Å². The van der Waals surface area contributed by atoms with Crippen LogP contribution in [0.25, 0.3) is 33.7 Å². The molecule has 1 fully saturated rings. The lowest BCUT2D eigenvalue weighted by molar-refractivity contribution is -0.138. The number of imidazole rings is 1. The summed E-state index contributed by atoms with van der Waals surface area (Å²) in [5.74, 6) is 1.02. The first-order valence-electron chi connectivity index (χ1n) is 11.3. The number of H-pyrrole nitrogens is 1. The molecule has 0 unspecified atom stereocenters. The largest absolute Gasteiger partial charge is 0.481 e. The van der Waals surface area contributed by atoms with E-state index in [1.807, 2.05) is 24.4 Å². The van der Waals surface area contributed by atoms with Gasteiger partial charge in [-0.1, -0.05) is 36.4 Å². The molecule has 2 heterocycles. The minimum absolute atomic E-state index is 0.307. The van der Waals surface area contributed by atoms with Crippen molar-refractivity contribution in [3.63, 3.8) is 0 Å². The van der Waals surface area contributed by atoms with Crippen LogP contribution in [-0.4, -0.2) is 26.0 Å². The van der Waals surface area contributed by atoms with Gasteiger partial charge in [-0.3, -0.25) is 9.78 Å². The Balaban J connectivity index is 1.28. The molecular formula is C27H27N3O2. The number of nitrogens with one attached hydrogen (secondary N) is 1. The van der Waals surface area contributed by atoms with E-state index in [0.29, 0.717) is 18.3 Å². The summed E-state index contributed by atoms with van der Waals surface area (Å²) in [6.45, 7) is 2.07. The SMILES string of the molecule is Cc1cccc2[nH]c(-c3ccc(-c4ccc(C5CCC(CC(=O)O)CC5)cc4)nc3)nc12. The minimum atomic E-state index is -0.674. The number of fused-ring (bicyclic) bond motifs is 1. The molecule has 4 aromatic rings. The van der Waals surface area contributed by atoms with Crippen molar-refractivity contribution in [3.05, 3.63) is 71.9 Å². The number of aryl methyl sites for hydroxylation is 1. The zero-order valence-corrected chi connectivity index (χ0v) is 18.2. The van der Waals surface area contributed by atoms with Crippen LogP contribution >= 0.6 is 0 Å². The van der Waals surface area contributed by atoms with Crippen LogP contribution in [0.4, 0.5) is 0 Å². The third-order valence-electron chi connectivity index (χ3n) is 6.74. The average molecular weight is 426 g/mol. The van der Waals surface area contributed by atoms with Gasteiger partial charge >= 0.3 is 5.97 Å². The monoisotopic (exact) mass is 425 g/mol. The lowest BCUT2D eigenvalue weighted by Gasteiger charge is -2.28. The molecule has 2 aromatic carbocycles. The molecule has 1 aliphatic rings. The zero-order valence-electron chi connectivity index (χ0n) is 18.2. The molecule has 2 aromatic heterocycles. The molecule has 5 nitrogen and oxygen atoms in total. The second-order valence-corrected chi connectivity index (χ2v) is 8.93. The summed E-state index contributed by atoms with van der Waals surface area (Å²) in [7, 11) is 0. The second-order valence-electron chi connectivity index (χ2n) is 8.93. The molecule has 0 amide bonds. The summed E-state index contributed by atoms with van der Waals surface area (Å²) in [6.07, 6.45) is 6.33. The molecule has 5 heteroatoms. The highest BCUT2D eigenvalue weighted by Gasteiger charge is 2.24. The Kier molecular flexibility index (Phi) is 5.48. The summed E-state index contributed by atoms with van der Waals surface area (Å²) >= 11 is 0. The number of aromatic nitrogens is 3. The van der Waals surface area contributed by atoms with Crippen LogP contribution in [0.2, 0.25) is 0 Å². The first-order valence-corrected chi connectivity index (χ1v) is 11.3. The Hall–Kier alpha value is -3.47. The van der Waals surface area contributed by atoms with Gasteiger partial charge in [0.05, 0.1) is 16.7 Å². The van der Waals surface area contributed by atoms with E-state index >= 15 is 0 Å². The number of hydrogen-bond acceptors (Lipinski definition) is 3. The van der Waals surface area contributed by atoms with Crippen LogP contribution in [0.1, 0.15) is 49.1 Å². The first-order chi connectivity index (χ1) is 15.6. The maximum absolute atomic E-state index is 10.9.